The molecule has 122 valence electrons. The molecule has 0 radical (unpaired) electrons. The minimum Gasteiger partial charge on any atom is -0.481 e. The number of thioether (sulfide) groups is 1. The van der Waals surface area contributed by atoms with E-state index in [1.54, 1.807) is 24.8 Å². The van der Waals surface area contributed by atoms with Crippen molar-refractivity contribution in [2.75, 3.05) is 6.26 Å². The van der Waals surface area contributed by atoms with Crippen LogP contribution in [0, 0.1) is 6.92 Å². The molecule has 0 bridgehead atoms. The average molecular weight is 334 g/mol. The Hall–Kier alpha value is -2.28. The zero-order valence-electron chi connectivity index (χ0n) is 12.9. The van der Waals surface area contributed by atoms with Gasteiger partial charge in [0.25, 0.3) is 0 Å². The summed E-state index contributed by atoms with van der Waals surface area (Å²) in [5, 5.41) is 15.6. The molecular weight excluding hydrogens is 316 g/mol. The number of hydrogen-bond donors (Lipinski definition) is 2. The molecule has 23 heavy (non-hydrogen) atoms. The molecule has 1 unspecified atom stereocenters. The number of carbonyl (C=O) groups is 2. The first-order valence-corrected chi connectivity index (χ1v) is 8.27. The molecule has 2 N–H and O–H groups in total. The summed E-state index contributed by atoms with van der Waals surface area (Å²) in [7, 11) is 0. The van der Waals surface area contributed by atoms with Crippen molar-refractivity contribution in [2.45, 2.75) is 30.7 Å². The topological polar surface area (TPSA) is 92.4 Å². The van der Waals surface area contributed by atoms with Gasteiger partial charge in [0, 0.05) is 11.0 Å². The van der Waals surface area contributed by atoms with E-state index in [1.807, 2.05) is 30.5 Å². The number of hydrogen-bond acceptors (Lipinski definition) is 5. The third-order valence-electron chi connectivity index (χ3n) is 3.25. The molecule has 0 saturated carbocycles. The minimum atomic E-state index is -0.971. The van der Waals surface area contributed by atoms with Crippen LogP contribution >= 0.6 is 11.8 Å². The lowest BCUT2D eigenvalue weighted by Crippen LogP contribution is -2.31. The van der Waals surface area contributed by atoms with Crippen molar-refractivity contribution in [3.8, 4) is 0 Å². The maximum atomic E-state index is 12.1. The SMILES string of the molecule is CSc1ccc(C(CC(=O)O)NC(=O)Cc2cc(C)on2)cc1. The molecule has 0 fully saturated rings. The number of aryl methyl sites for hydroxylation is 1. The Morgan fingerprint density at radius 1 is 1.35 bits per heavy atom. The van der Waals surface area contributed by atoms with Gasteiger partial charge in [-0.15, -0.1) is 11.8 Å². The van der Waals surface area contributed by atoms with Gasteiger partial charge in [-0.3, -0.25) is 9.59 Å². The zero-order chi connectivity index (χ0) is 16.8. The quantitative estimate of drug-likeness (QED) is 0.756. The number of carboxylic acid groups (broad SMARTS) is 1. The van der Waals surface area contributed by atoms with Crippen LogP contribution in [0.1, 0.15) is 29.5 Å². The van der Waals surface area contributed by atoms with Crippen molar-refractivity contribution in [1.82, 2.24) is 10.5 Å². The summed E-state index contributed by atoms with van der Waals surface area (Å²) in [5.41, 5.74) is 1.28. The molecule has 0 aliphatic heterocycles. The maximum absolute atomic E-state index is 12.1. The van der Waals surface area contributed by atoms with Crippen molar-refractivity contribution in [1.29, 1.82) is 0 Å². The van der Waals surface area contributed by atoms with Crippen molar-refractivity contribution in [2.24, 2.45) is 0 Å². The lowest BCUT2D eigenvalue weighted by Gasteiger charge is -2.17. The normalized spacial score (nSPS) is 11.9. The molecule has 0 aliphatic carbocycles. The number of rotatable bonds is 7. The van der Waals surface area contributed by atoms with E-state index in [0.717, 1.165) is 10.5 Å². The van der Waals surface area contributed by atoms with E-state index in [1.165, 1.54) is 0 Å². The van der Waals surface area contributed by atoms with Gasteiger partial charge in [0.2, 0.25) is 5.91 Å². The molecule has 0 saturated heterocycles. The molecule has 0 spiro atoms. The fourth-order valence-corrected chi connectivity index (χ4v) is 2.58. The van der Waals surface area contributed by atoms with Crippen LogP contribution in [0.15, 0.2) is 39.8 Å². The summed E-state index contributed by atoms with van der Waals surface area (Å²) in [6.07, 6.45) is 1.84. The van der Waals surface area contributed by atoms with E-state index >= 15 is 0 Å². The highest BCUT2D eigenvalue weighted by molar-refractivity contribution is 7.98. The molecule has 2 aromatic rings. The third kappa shape index (κ3) is 5.14. The second kappa shape index (κ2) is 7.82. The first kappa shape index (κ1) is 17.1. The molecule has 1 atom stereocenters. The van der Waals surface area contributed by atoms with E-state index in [0.29, 0.717) is 11.5 Å². The summed E-state index contributed by atoms with van der Waals surface area (Å²) >= 11 is 1.60. The van der Waals surface area contributed by atoms with Crippen LogP contribution in [0.3, 0.4) is 0 Å². The Kier molecular flexibility index (Phi) is 5.81. The van der Waals surface area contributed by atoms with E-state index in [-0.39, 0.29) is 18.7 Å². The van der Waals surface area contributed by atoms with Gasteiger partial charge in [-0.2, -0.15) is 0 Å². The number of carbonyl (C=O) groups excluding carboxylic acids is 1. The van der Waals surface area contributed by atoms with Crippen LogP contribution < -0.4 is 5.32 Å². The van der Waals surface area contributed by atoms with Gasteiger partial charge in [-0.05, 0) is 30.9 Å². The number of carboxylic acids is 1. The predicted molar refractivity (Wildman–Crippen MR) is 86.3 cm³/mol. The molecule has 1 aromatic heterocycles. The summed E-state index contributed by atoms with van der Waals surface area (Å²) in [6, 6.07) is 8.58. The summed E-state index contributed by atoms with van der Waals surface area (Å²) < 4.78 is 4.92. The highest BCUT2D eigenvalue weighted by Gasteiger charge is 2.19. The lowest BCUT2D eigenvalue weighted by atomic mass is 10.0. The van der Waals surface area contributed by atoms with Gasteiger partial charge in [-0.1, -0.05) is 17.3 Å². The number of aromatic nitrogens is 1. The number of amides is 1. The predicted octanol–water partition coefficient (Wildman–Crippen LogP) is 2.58. The second-order valence-electron chi connectivity index (χ2n) is 5.10. The van der Waals surface area contributed by atoms with E-state index in [2.05, 4.69) is 10.5 Å². The molecule has 6 nitrogen and oxygen atoms in total. The molecular formula is C16H18N2O4S. The summed E-state index contributed by atoms with van der Waals surface area (Å²) in [4.78, 5) is 24.3. The zero-order valence-corrected chi connectivity index (χ0v) is 13.7. The molecule has 0 aliphatic rings. The van der Waals surface area contributed by atoms with Crippen LogP contribution in [-0.4, -0.2) is 28.4 Å². The third-order valence-corrected chi connectivity index (χ3v) is 3.99. The lowest BCUT2D eigenvalue weighted by molar-refractivity contribution is -0.137. The standard InChI is InChI=1S/C16H18N2O4S/c1-10-7-12(18-22-10)8-15(19)17-14(9-16(20)21)11-3-5-13(23-2)6-4-11/h3-7,14H,8-9H2,1-2H3,(H,17,19)(H,20,21). The Morgan fingerprint density at radius 3 is 2.57 bits per heavy atom. The van der Waals surface area contributed by atoms with Crippen LogP contribution in [0.2, 0.25) is 0 Å². The van der Waals surface area contributed by atoms with Gasteiger partial charge in [0.15, 0.2) is 0 Å². The Balaban J connectivity index is 2.07. The molecule has 2 rings (SSSR count). The second-order valence-corrected chi connectivity index (χ2v) is 5.98. The summed E-state index contributed by atoms with van der Waals surface area (Å²) in [5.74, 6) is -0.637. The first-order valence-electron chi connectivity index (χ1n) is 7.05. The number of benzene rings is 1. The highest BCUT2D eigenvalue weighted by Crippen LogP contribution is 2.21. The van der Waals surface area contributed by atoms with E-state index in [9.17, 15) is 9.59 Å². The highest BCUT2D eigenvalue weighted by atomic mass is 32.2. The molecule has 1 aromatic carbocycles. The van der Waals surface area contributed by atoms with Gasteiger partial charge < -0.3 is 14.9 Å². The monoisotopic (exact) mass is 334 g/mol. The number of nitrogens with zero attached hydrogens (tertiary/aromatic N) is 1. The Labute approximate surface area is 138 Å². The van der Waals surface area contributed by atoms with Gasteiger partial charge >= 0.3 is 5.97 Å². The molecule has 7 heteroatoms. The smallest absolute Gasteiger partial charge is 0.305 e. The van der Waals surface area contributed by atoms with E-state index in [4.69, 9.17) is 9.63 Å². The Morgan fingerprint density at radius 2 is 2.04 bits per heavy atom. The largest absolute Gasteiger partial charge is 0.481 e. The van der Waals surface area contributed by atoms with Crippen molar-refractivity contribution in [3.63, 3.8) is 0 Å². The fourth-order valence-electron chi connectivity index (χ4n) is 2.17. The first-order chi connectivity index (χ1) is 11.0. The van der Waals surface area contributed by atoms with Crippen LogP contribution in [0.4, 0.5) is 0 Å². The van der Waals surface area contributed by atoms with Crippen molar-refractivity contribution < 1.29 is 19.2 Å². The van der Waals surface area contributed by atoms with Crippen LogP contribution in [0.5, 0.6) is 0 Å². The molecule has 1 amide bonds. The van der Waals surface area contributed by atoms with Crippen LogP contribution in [0.25, 0.3) is 0 Å². The van der Waals surface area contributed by atoms with Gasteiger partial charge in [0.1, 0.15) is 5.76 Å². The minimum absolute atomic E-state index is 0.0519. The number of aliphatic carboxylic acids is 1. The van der Waals surface area contributed by atoms with Crippen molar-refractivity contribution in [3.05, 3.63) is 47.3 Å². The van der Waals surface area contributed by atoms with Gasteiger partial charge in [-0.25, -0.2) is 0 Å². The fraction of sp³-hybridized carbons (Fsp3) is 0.312. The van der Waals surface area contributed by atoms with E-state index < -0.39 is 12.0 Å². The molecule has 1 heterocycles. The Bertz CT molecular complexity index is 682. The average Bonchev–Trinajstić information content (AvgIpc) is 2.91. The van der Waals surface area contributed by atoms with Crippen molar-refractivity contribution >= 4 is 23.6 Å². The summed E-state index contributed by atoms with van der Waals surface area (Å²) in [6.45, 7) is 1.74. The maximum Gasteiger partial charge on any atom is 0.305 e. The number of nitrogens with one attached hydrogen (secondary N) is 1. The van der Waals surface area contributed by atoms with Crippen LogP contribution in [-0.2, 0) is 16.0 Å². The van der Waals surface area contributed by atoms with Gasteiger partial charge in [0.05, 0.1) is 24.6 Å².